The van der Waals surface area contributed by atoms with Gasteiger partial charge in [0.1, 0.15) is 24.0 Å². The van der Waals surface area contributed by atoms with Crippen LogP contribution >= 0.6 is 0 Å². The van der Waals surface area contributed by atoms with Crippen molar-refractivity contribution in [3.05, 3.63) is 95.7 Å². The van der Waals surface area contributed by atoms with E-state index in [-0.39, 0.29) is 30.4 Å². The zero-order chi connectivity index (χ0) is 24.8. The van der Waals surface area contributed by atoms with Gasteiger partial charge in [-0.1, -0.05) is 12.1 Å². The standard InChI is InChI=1S/C27H20F3N5O/c28-17-5-7-23-20(12-17)19-9-11-35-24(8-10-33-35)27(19)34(23)15-25(36)32-14-18-6-4-16(13-31-18)26-21(29)2-1-3-22(26)30/h1-8,10,12-13H,9,11,14-15H2,(H,32,36). The maximum atomic E-state index is 14.0. The highest BCUT2D eigenvalue weighted by Gasteiger charge is 2.26. The largest absolute Gasteiger partial charge is 0.349 e. The van der Waals surface area contributed by atoms with E-state index in [1.54, 1.807) is 24.4 Å². The van der Waals surface area contributed by atoms with Crippen LogP contribution in [0.1, 0.15) is 11.3 Å². The van der Waals surface area contributed by atoms with Gasteiger partial charge in [0.05, 0.1) is 29.2 Å². The SMILES string of the molecule is O=C(Cn1c2c(c3cc(F)ccc31)CCn1nccc1-2)NCc1ccc(-c2c(F)cccc2F)cn1. The third-order valence-electron chi connectivity index (χ3n) is 6.51. The maximum absolute atomic E-state index is 14.0. The number of aryl methyl sites for hydroxylation is 2. The van der Waals surface area contributed by atoms with Crippen molar-refractivity contribution in [1.29, 1.82) is 0 Å². The van der Waals surface area contributed by atoms with E-state index in [1.165, 1.54) is 36.5 Å². The molecule has 1 aliphatic rings. The second kappa shape index (κ2) is 8.67. The monoisotopic (exact) mass is 487 g/mol. The summed E-state index contributed by atoms with van der Waals surface area (Å²) in [5.41, 5.74) is 4.25. The van der Waals surface area contributed by atoms with Gasteiger partial charge in [-0.25, -0.2) is 13.2 Å². The van der Waals surface area contributed by atoms with E-state index in [4.69, 9.17) is 0 Å². The fraction of sp³-hybridized carbons (Fsp3) is 0.148. The maximum Gasteiger partial charge on any atom is 0.240 e. The Kier molecular flexibility index (Phi) is 5.32. The second-order valence-electron chi connectivity index (χ2n) is 8.68. The predicted molar refractivity (Wildman–Crippen MR) is 128 cm³/mol. The van der Waals surface area contributed by atoms with Crippen molar-refractivity contribution in [2.45, 2.75) is 26.1 Å². The predicted octanol–water partition coefficient (Wildman–Crippen LogP) is 4.86. The number of fused-ring (bicyclic) bond motifs is 5. The van der Waals surface area contributed by atoms with Crippen LogP contribution in [0.2, 0.25) is 0 Å². The van der Waals surface area contributed by atoms with Gasteiger partial charge in [-0.3, -0.25) is 14.5 Å². The Hall–Kier alpha value is -4.40. The number of amides is 1. The van der Waals surface area contributed by atoms with E-state index in [0.29, 0.717) is 24.2 Å². The quantitative estimate of drug-likeness (QED) is 0.385. The minimum Gasteiger partial charge on any atom is -0.349 e. The van der Waals surface area contributed by atoms with E-state index in [1.807, 2.05) is 15.3 Å². The van der Waals surface area contributed by atoms with Gasteiger partial charge in [0.2, 0.25) is 5.91 Å². The molecule has 1 aliphatic heterocycles. The lowest BCUT2D eigenvalue weighted by Gasteiger charge is -2.18. The Balaban J connectivity index is 1.23. The number of hydrogen-bond donors (Lipinski definition) is 1. The summed E-state index contributed by atoms with van der Waals surface area (Å²) in [5.74, 6) is -1.90. The smallest absolute Gasteiger partial charge is 0.240 e. The molecule has 5 aromatic rings. The third kappa shape index (κ3) is 3.73. The molecule has 0 saturated heterocycles. The first-order valence-electron chi connectivity index (χ1n) is 11.5. The zero-order valence-electron chi connectivity index (χ0n) is 19.0. The van der Waals surface area contributed by atoms with E-state index < -0.39 is 11.6 Å². The molecule has 0 radical (unpaired) electrons. The molecule has 2 aromatic carbocycles. The molecule has 6 rings (SSSR count). The van der Waals surface area contributed by atoms with Gasteiger partial charge in [-0.15, -0.1) is 0 Å². The highest BCUT2D eigenvalue weighted by molar-refractivity contribution is 5.93. The number of hydrogen-bond acceptors (Lipinski definition) is 3. The molecule has 4 heterocycles. The number of aromatic nitrogens is 4. The molecule has 1 amide bonds. The lowest BCUT2D eigenvalue weighted by Crippen LogP contribution is -2.28. The van der Waals surface area contributed by atoms with E-state index >= 15 is 0 Å². The fourth-order valence-electron chi connectivity index (χ4n) is 4.88. The molecule has 180 valence electrons. The molecule has 0 saturated carbocycles. The van der Waals surface area contributed by atoms with Crippen molar-refractivity contribution in [3.8, 4) is 22.5 Å². The van der Waals surface area contributed by atoms with Crippen LogP contribution in [0.3, 0.4) is 0 Å². The summed E-state index contributed by atoms with van der Waals surface area (Å²) in [5, 5.41) is 8.00. The average molecular weight is 487 g/mol. The summed E-state index contributed by atoms with van der Waals surface area (Å²) in [7, 11) is 0. The minimum atomic E-state index is -0.665. The van der Waals surface area contributed by atoms with Gasteiger partial charge in [0.15, 0.2) is 0 Å². The van der Waals surface area contributed by atoms with Crippen molar-refractivity contribution >= 4 is 16.8 Å². The van der Waals surface area contributed by atoms with Crippen molar-refractivity contribution in [1.82, 2.24) is 24.6 Å². The first-order chi connectivity index (χ1) is 17.5. The van der Waals surface area contributed by atoms with Crippen molar-refractivity contribution in [2.24, 2.45) is 0 Å². The Morgan fingerprint density at radius 2 is 1.86 bits per heavy atom. The summed E-state index contributed by atoms with van der Waals surface area (Å²) in [6, 6.07) is 13.4. The van der Waals surface area contributed by atoms with Crippen LogP contribution in [-0.4, -0.2) is 25.2 Å². The summed E-state index contributed by atoms with van der Waals surface area (Å²) in [6.07, 6.45) is 3.79. The molecule has 3 aromatic heterocycles. The second-order valence-corrected chi connectivity index (χ2v) is 8.68. The molecule has 0 atom stereocenters. The molecular formula is C27H20F3N5O. The Morgan fingerprint density at radius 1 is 1.03 bits per heavy atom. The molecule has 1 N–H and O–H groups in total. The highest BCUT2D eigenvalue weighted by Crippen LogP contribution is 2.37. The zero-order valence-corrected chi connectivity index (χ0v) is 19.0. The van der Waals surface area contributed by atoms with Crippen LogP contribution in [-0.2, 0) is 30.8 Å². The molecule has 0 fully saturated rings. The topological polar surface area (TPSA) is 64.7 Å². The van der Waals surface area contributed by atoms with Gasteiger partial charge < -0.3 is 9.88 Å². The number of nitrogens with zero attached hydrogens (tertiary/aromatic N) is 4. The van der Waals surface area contributed by atoms with Crippen LogP contribution in [0.4, 0.5) is 13.2 Å². The van der Waals surface area contributed by atoms with E-state index in [0.717, 1.165) is 27.9 Å². The first kappa shape index (κ1) is 22.1. The first-order valence-corrected chi connectivity index (χ1v) is 11.5. The highest BCUT2D eigenvalue weighted by atomic mass is 19.1. The summed E-state index contributed by atoms with van der Waals surface area (Å²) < 4.78 is 45.9. The number of benzene rings is 2. The van der Waals surface area contributed by atoms with E-state index in [9.17, 15) is 18.0 Å². The molecule has 6 nitrogen and oxygen atoms in total. The van der Waals surface area contributed by atoms with Crippen LogP contribution in [0.25, 0.3) is 33.4 Å². The third-order valence-corrected chi connectivity index (χ3v) is 6.51. The Bertz CT molecular complexity index is 1600. The fourth-order valence-corrected chi connectivity index (χ4v) is 4.88. The van der Waals surface area contributed by atoms with Gasteiger partial charge >= 0.3 is 0 Å². The number of rotatable bonds is 5. The molecular weight excluding hydrogens is 467 g/mol. The number of halogens is 3. The van der Waals surface area contributed by atoms with Crippen LogP contribution in [0, 0.1) is 17.5 Å². The number of pyridine rings is 1. The number of carbonyl (C=O) groups excluding carboxylic acids is 1. The lowest BCUT2D eigenvalue weighted by molar-refractivity contribution is -0.121. The van der Waals surface area contributed by atoms with Gasteiger partial charge in [-0.05, 0) is 54.4 Å². The van der Waals surface area contributed by atoms with Crippen LogP contribution < -0.4 is 5.32 Å². The summed E-state index contributed by atoms with van der Waals surface area (Å²) in [4.78, 5) is 17.2. The summed E-state index contributed by atoms with van der Waals surface area (Å²) in [6.45, 7) is 0.865. The van der Waals surface area contributed by atoms with Gasteiger partial charge in [0.25, 0.3) is 0 Å². The van der Waals surface area contributed by atoms with Crippen molar-refractivity contribution in [3.63, 3.8) is 0 Å². The molecule has 0 spiro atoms. The summed E-state index contributed by atoms with van der Waals surface area (Å²) >= 11 is 0. The van der Waals surface area contributed by atoms with Crippen LogP contribution in [0.15, 0.2) is 67.0 Å². The Morgan fingerprint density at radius 3 is 2.64 bits per heavy atom. The Labute approximate surface area is 204 Å². The van der Waals surface area contributed by atoms with Crippen LogP contribution in [0.5, 0.6) is 0 Å². The molecule has 9 heteroatoms. The van der Waals surface area contributed by atoms with Gasteiger partial charge in [0, 0.05) is 35.4 Å². The van der Waals surface area contributed by atoms with Crippen molar-refractivity contribution < 1.29 is 18.0 Å². The normalized spacial score (nSPS) is 12.4. The molecule has 0 bridgehead atoms. The molecule has 0 unspecified atom stereocenters. The lowest BCUT2D eigenvalue weighted by atomic mass is 10.0. The average Bonchev–Trinajstić information content (AvgIpc) is 3.46. The minimum absolute atomic E-state index is 0.0289. The van der Waals surface area contributed by atoms with E-state index in [2.05, 4.69) is 15.4 Å². The van der Waals surface area contributed by atoms with Gasteiger partial charge in [-0.2, -0.15) is 5.10 Å². The van der Waals surface area contributed by atoms with Crippen molar-refractivity contribution in [2.75, 3.05) is 0 Å². The molecule has 0 aliphatic carbocycles. The molecule has 36 heavy (non-hydrogen) atoms. The number of carbonyl (C=O) groups is 1. The number of nitrogens with one attached hydrogen (secondary N) is 1.